The number of ketones is 1. The molecule has 2 fully saturated rings. The van der Waals surface area contributed by atoms with Crippen LogP contribution in [0.4, 0.5) is 0 Å². The first-order chi connectivity index (χ1) is 9.33. The minimum Gasteiger partial charge on any atom is -0.370 e. The molecule has 2 aliphatic rings. The number of carbonyl (C=O) groups excluding carboxylic acids is 1. The van der Waals surface area contributed by atoms with Gasteiger partial charge in [0, 0.05) is 12.8 Å². The van der Waals surface area contributed by atoms with Crippen molar-refractivity contribution in [3.05, 3.63) is 18.0 Å². The van der Waals surface area contributed by atoms with Crippen LogP contribution in [0.25, 0.3) is 0 Å². The van der Waals surface area contributed by atoms with Crippen LogP contribution in [0, 0.1) is 0 Å². The molecule has 1 aliphatic heterocycles. The first-order valence-corrected chi connectivity index (χ1v) is 7.51. The van der Waals surface area contributed by atoms with E-state index in [1.165, 1.54) is 25.7 Å². The standard InChI is InChI=1S/C15H22N2O2/c18-14(15-7-3-4-10-19-15)11-12-8-9-17(16-12)13-5-1-2-6-13/h8-9,13,15H,1-7,10-11H2. The van der Waals surface area contributed by atoms with Gasteiger partial charge in [0.15, 0.2) is 5.78 Å². The molecule has 0 bridgehead atoms. The van der Waals surface area contributed by atoms with Crippen LogP contribution < -0.4 is 0 Å². The van der Waals surface area contributed by atoms with E-state index in [0.29, 0.717) is 12.5 Å². The maximum absolute atomic E-state index is 12.1. The topological polar surface area (TPSA) is 44.1 Å². The lowest BCUT2D eigenvalue weighted by molar-refractivity contribution is -0.132. The Kier molecular flexibility index (Phi) is 3.97. The van der Waals surface area contributed by atoms with Gasteiger partial charge in [-0.05, 0) is 38.2 Å². The van der Waals surface area contributed by atoms with Crippen LogP contribution in [-0.4, -0.2) is 28.3 Å². The number of aromatic nitrogens is 2. The highest BCUT2D eigenvalue weighted by atomic mass is 16.5. The van der Waals surface area contributed by atoms with Gasteiger partial charge >= 0.3 is 0 Å². The molecule has 2 heterocycles. The third kappa shape index (κ3) is 3.06. The lowest BCUT2D eigenvalue weighted by Crippen LogP contribution is -2.29. The molecule has 0 N–H and O–H groups in total. The summed E-state index contributed by atoms with van der Waals surface area (Å²) >= 11 is 0. The average Bonchev–Trinajstić information content (AvgIpc) is 3.10. The molecule has 0 spiro atoms. The van der Waals surface area contributed by atoms with E-state index in [9.17, 15) is 4.79 Å². The van der Waals surface area contributed by atoms with E-state index < -0.39 is 0 Å². The molecule has 1 unspecified atom stereocenters. The first kappa shape index (κ1) is 12.9. The SMILES string of the molecule is O=C(Cc1ccn(C2CCCC2)n1)C1CCCCO1. The molecule has 0 amide bonds. The van der Waals surface area contributed by atoms with Gasteiger partial charge in [0.2, 0.25) is 0 Å². The summed E-state index contributed by atoms with van der Waals surface area (Å²) in [5.74, 6) is 0.191. The van der Waals surface area contributed by atoms with E-state index in [4.69, 9.17) is 4.74 Å². The maximum atomic E-state index is 12.1. The van der Waals surface area contributed by atoms with Gasteiger partial charge in [-0.2, -0.15) is 5.10 Å². The van der Waals surface area contributed by atoms with Crippen molar-refractivity contribution in [2.75, 3.05) is 6.61 Å². The zero-order chi connectivity index (χ0) is 13.1. The molecule has 4 heteroatoms. The smallest absolute Gasteiger partial charge is 0.167 e. The van der Waals surface area contributed by atoms with E-state index in [-0.39, 0.29) is 11.9 Å². The van der Waals surface area contributed by atoms with E-state index in [1.807, 2.05) is 12.3 Å². The highest BCUT2D eigenvalue weighted by Crippen LogP contribution is 2.28. The third-order valence-corrected chi connectivity index (χ3v) is 4.26. The Morgan fingerprint density at radius 3 is 2.79 bits per heavy atom. The van der Waals surface area contributed by atoms with Gasteiger partial charge in [-0.1, -0.05) is 12.8 Å². The lowest BCUT2D eigenvalue weighted by Gasteiger charge is -2.20. The molecule has 1 saturated carbocycles. The molecule has 0 aromatic carbocycles. The molecule has 0 radical (unpaired) electrons. The summed E-state index contributed by atoms with van der Waals surface area (Å²) in [4.78, 5) is 12.1. The van der Waals surface area contributed by atoms with Gasteiger partial charge in [0.1, 0.15) is 6.10 Å². The van der Waals surface area contributed by atoms with Crippen LogP contribution >= 0.6 is 0 Å². The Morgan fingerprint density at radius 1 is 1.26 bits per heavy atom. The largest absolute Gasteiger partial charge is 0.370 e. The Bertz CT molecular complexity index is 429. The molecule has 104 valence electrons. The highest BCUT2D eigenvalue weighted by Gasteiger charge is 2.23. The highest BCUT2D eigenvalue weighted by molar-refractivity contribution is 5.84. The average molecular weight is 262 g/mol. The second kappa shape index (κ2) is 5.87. The molecular weight excluding hydrogens is 240 g/mol. The number of hydrogen-bond acceptors (Lipinski definition) is 3. The number of hydrogen-bond donors (Lipinski definition) is 0. The molecule has 1 aromatic heterocycles. The van der Waals surface area contributed by atoms with E-state index in [0.717, 1.165) is 31.6 Å². The molecule has 3 rings (SSSR count). The van der Waals surface area contributed by atoms with Gasteiger partial charge < -0.3 is 4.74 Å². The Morgan fingerprint density at radius 2 is 2.05 bits per heavy atom. The normalized spacial score (nSPS) is 24.7. The molecular formula is C15H22N2O2. The molecule has 1 saturated heterocycles. The van der Waals surface area contributed by atoms with Crippen molar-refractivity contribution in [2.24, 2.45) is 0 Å². The molecule has 1 aromatic rings. The second-order valence-electron chi connectivity index (χ2n) is 5.72. The monoisotopic (exact) mass is 262 g/mol. The Balaban J connectivity index is 1.58. The fourth-order valence-corrected chi connectivity index (χ4v) is 3.13. The summed E-state index contributed by atoms with van der Waals surface area (Å²) in [5, 5.41) is 4.57. The van der Waals surface area contributed by atoms with Crippen molar-refractivity contribution >= 4 is 5.78 Å². The fraction of sp³-hybridized carbons (Fsp3) is 0.733. The summed E-state index contributed by atoms with van der Waals surface area (Å²) < 4.78 is 7.59. The predicted molar refractivity (Wildman–Crippen MR) is 72.0 cm³/mol. The van der Waals surface area contributed by atoms with E-state index >= 15 is 0 Å². The van der Waals surface area contributed by atoms with Crippen LogP contribution in [0.2, 0.25) is 0 Å². The van der Waals surface area contributed by atoms with Gasteiger partial charge in [-0.15, -0.1) is 0 Å². The number of rotatable bonds is 4. The van der Waals surface area contributed by atoms with Crippen LogP contribution in [0.3, 0.4) is 0 Å². The fourth-order valence-electron chi connectivity index (χ4n) is 3.13. The summed E-state index contributed by atoms with van der Waals surface area (Å²) in [6.07, 6.45) is 10.4. The summed E-state index contributed by atoms with van der Waals surface area (Å²) in [6, 6.07) is 2.54. The van der Waals surface area contributed by atoms with Gasteiger partial charge in [0.05, 0.1) is 18.2 Å². The zero-order valence-corrected chi connectivity index (χ0v) is 11.4. The van der Waals surface area contributed by atoms with Crippen molar-refractivity contribution in [1.29, 1.82) is 0 Å². The van der Waals surface area contributed by atoms with Crippen molar-refractivity contribution in [3.8, 4) is 0 Å². The number of Topliss-reactive ketones (excluding diaryl/α,β-unsaturated/α-hetero) is 1. The number of carbonyl (C=O) groups is 1. The first-order valence-electron chi connectivity index (χ1n) is 7.51. The summed E-state index contributed by atoms with van der Waals surface area (Å²) in [7, 11) is 0. The molecule has 4 nitrogen and oxygen atoms in total. The van der Waals surface area contributed by atoms with Crippen LogP contribution in [0.15, 0.2) is 12.3 Å². The second-order valence-corrected chi connectivity index (χ2v) is 5.72. The predicted octanol–water partition coefficient (Wildman–Crippen LogP) is 2.68. The quantitative estimate of drug-likeness (QED) is 0.838. The minimum absolute atomic E-state index is 0.189. The van der Waals surface area contributed by atoms with Gasteiger partial charge in [-0.3, -0.25) is 9.48 Å². The van der Waals surface area contributed by atoms with Crippen LogP contribution in [-0.2, 0) is 16.0 Å². The Labute approximate surface area is 114 Å². The zero-order valence-electron chi connectivity index (χ0n) is 11.4. The number of ether oxygens (including phenoxy) is 1. The Hall–Kier alpha value is -1.16. The van der Waals surface area contributed by atoms with Crippen LogP contribution in [0.5, 0.6) is 0 Å². The summed E-state index contributed by atoms with van der Waals surface area (Å²) in [5.41, 5.74) is 0.895. The van der Waals surface area contributed by atoms with Crippen molar-refractivity contribution in [3.63, 3.8) is 0 Å². The van der Waals surface area contributed by atoms with Gasteiger partial charge in [-0.25, -0.2) is 0 Å². The van der Waals surface area contributed by atoms with Gasteiger partial charge in [0.25, 0.3) is 0 Å². The van der Waals surface area contributed by atoms with Crippen LogP contribution in [0.1, 0.15) is 56.7 Å². The minimum atomic E-state index is -0.189. The number of nitrogens with zero attached hydrogens (tertiary/aromatic N) is 2. The maximum Gasteiger partial charge on any atom is 0.167 e. The molecule has 1 atom stereocenters. The van der Waals surface area contributed by atoms with E-state index in [1.54, 1.807) is 0 Å². The van der Waals surface area contributed by atoms with E-state index in [2.05, 4.69) is 9.78 Å². The summed E-state index contributed by atoms with van der Waals surface area (Å²) in [6.45, 7) is 0.729. The molecule has 19 heavy (non-hydrogen) atoms. The lowest BCUT2D eigenvalue weighted by atomic mass is 10.0. The van der Waals surface area contributed by atoms with Crippen molar-refractivity contribution in [1.82, 2.24) is 9.78 Å². The van der Waals surface area contributed by atoms with Crippen molar-refractivity contribution < 1.29 is 9.53 Å². The molecule has 1 aliphatic carbocycles. The third-order valence-electron chi connectivity index (χ3n) is 4.26. The van der Waals surface area contributed by atoms with Crippen molar-refractivity contribution in [2.45, 2.75) is 63.5 Å².